The Morgan fingerprint density at radius 3 is 3.05 bits per heavy atom. The Labute approximate surface area is 131 Å². The molecule has 1 aliphatic heterocycles. The van der Waals surface area contributed by atoms with Crippen molar-refractivity contribution in [3.05, 3.63) is 29.0 Å². The van der Waals surface area contributed by atoms with Crippen molar-refractivity contribution in [1.82, 2.24) is 9.97 Å². The fourth-order valence-electron chi connectivity index (χ4n) is 3.15. The molecule has 0 N–H and O–H groups in total. The number of hydrogen-bond donors (Lipinski definition) is 0. The van der Waals surface area contributed by atoms with Crippen molar-refractivity contribution in [2.24, 2.45) is 0 Å². The second-order valence-corrected chi connectivity index (χ2v) is 6.57. The summed E-state index contributed by atoms with van der Waals surface area (Å²) in [6.07, 6.45) is 5.35. The zero-order chi connectivity index (χ0) is 14.4. The molecule has 21 heavy (non-hydrogen) atoms. The SMILES string of the molecule is C[C@@H]1CCCCN1c1ncnc2c1oc1ccc(Br)cc12. The van der Waals surface area contributed by atoms with Gasteiger partial charge in [0.15, 0.2) is 11.4 Å². The molecule has 0 bridgehead atoms. The van der Waals surface area contributed by atoms with Crippen LogP contribution in [0.4, 0.5) is 5.82 Å². The maximum atomic E-state index is 6.05. The molecule has 3 aromatic rings. The van der Waals surface area contributed by atoms with Crippen LogP contribution in [0.15, 0.2) is 33.4 Å². The van der Waals surface area contributed by atoms with E-state index in [4.69, 9.17) is 4.42 Å². The minimum Gasteiger partial charge on any atom is -0.450 e. The highest BCUT2D eigenvalue weighted by molar-refractivity contribution is 9.10. The molecule has 1 aliphatic rings. The summed E-state index contributed by atoms with van der Waals surface area (Å²) in [6.45, 7) is 3.29. The average Bonchev–Trinajstić information content (AvgIpc) is 2.86. The molecule has 0 unspecified atom stereocenters. The fraction of sp³-hybridized carbons (Fsp3) is 0.375. The summed E-state index contributed by atoms with van der Waals surface area (Å²) in [4.78, 5) is 11.3. The molecule has 0 aliphatic carbocycles. The quantitative estimate of drug-likeness (QED) is 0.650. The lowest BCUT2D eigenvalue weighted by Crippen LogP contribution is -2.38. The summed E-state index contributed by atoms with van der Waals surface area (Å²) >= 11 is 3.51. The number of fused-ring (bicyclic) bond motifs is 3. The molecule has 2 aromatic heterocycles. The molecular formula is C16H16BrN3O. The summed E-state index contributed by atoms with van der Waals surface area (Å²) in [5.74, 6) is 0.930. The molecule has 0 amide bonds. The Kier molecular flexibility index (Phi) is 3.10. The van der Waals surface area contributed by atoms with Crippen molar-refractivity contribution in [2.45, 2.75) is 32.2 Å². The molecule has 0 saturated carbocycles. The Hall–Kier alpha value is -1.62. The number of furan rings is 1. The molecule has 5 heteroatoms. The summed E-state index contributed by atoms with van der Waals surface area (Å²) in [5.41, 5.74) is 2.56. The van der Waals surface area contributed by atoms with Crippen molar-refractivity contribution in [3.8, 4) is 0 Å². The van der Waals surface area contributed by atoms with E-state index in [-0.39, 0.29) is 0 Å². The summed E-state index contributed by atoms with van der Waals surface area (Å²) < 4.78 is 7.08. The third kappa shape index (κ3) is 2.11. The smallest absolute Gasteiger partial charge is 0.196 e. The first-order valence-electron chi connectivity index (χ1n) is 7.33. The van der Waals surface area contributed by atoms with E-state index in [1.165, 1.54) is 19.3 Å². The number of anilines is 1. The van der Waals surface area contributed by atoms with E-state index in [0.717, 1.165) is 38.9 Å². The molecule has 3 heterocycles. The van der Waals surface area contributed by atoms with Crippen LogP contribution in [-0.4, -0.2) is 22.6 Å². The first kappa shape index (κ1) is 13.1. The predicted octanol–water partition coefficient (Wildman–Crippen LogP) is 4.52. The van der Waals surface area contributed by atoms with Crippen LogP contribution in [0.5, 0.6) is 0 Å². The van der Waals surface area contributed by atoms with E-state index in [1.54, 1.807) is 6.33 Å². The highest BCUT2D eigenvalue weighted by atomic mass is 79.9. The molecule has 1 fully saturated rings. The van der Waals surface area contributed by atoms with E-state index in [2.05, 4.69) is 43.8 Å². The van der Waals surface area contributed by atoms with Crippen LogP contribution in [0.25, 0.3) is 22.1 Å². The van der Waals surface area contributed by atoms with Crippen molar-refractivity contribution < 1.29 is 4.42 Å². The van der Waals surface area contributed by atoms with Crippen molar-refractivity contribution in [2.75, 3.05) is 11.4 Å². The molecule has 1 saturated heterocycles. The Balaban J connectivity index is 1.95. The Morgan fingerprint density at radius 1 is 1.29 bits per heavy atom. The number of benzene rings is 1. The molecular weight excluding hydrogens is 330 g/mol. The van der Waals surface area contributed by atoms with Gasteiger partial charge in [0.25, 0.3) is 0 Å². The zero-order valence-electron chi connectivity index (χ0n) is 11.8. The van der Waals surface area contributed by atoms with Crippen LogP contribution in [0.1, 0.15) is 26.2 Å². The first-order chi connectivity index (χ1) is 10.2. The van der Waals surface area contributed by atoms with Crippen LogP contribution in [0.3, 0.4) is 0 Å². The van der Waals surface area contributed by atoms with Gasteiger partial charge in [0, 0.05) is 22.4 Å². The maximum absolute atomic E-state index is 6.05. The number of nitrogens with zero attached hydrogens (tertiary/aromatic N) is 3. The van der Waals surface area contributed by atoms with Gasteiger partial charge in [-0.3, -0.25) is 0 Å². The van der Waals surface area contributed by atoms with Gasteiger partial charge in [-0.15, -0.1) is 0 Å². The first-order valence-corrected chi connectivity index (χ1v) is 8.13. The van der Waals surface area contributed by atoms with Crippen LogP contribution in [0, 0.1) is 0 Å². The largest absolute Gasteiger partial charge is 0.450 e. The van der Waals surface area contributed by atoms with Crippen LogP contribution in [0.2, 0.25) is 0 Å². The van der Waals surface area contributed by atoms with Gasteiger partial charge in [0.1, 0.15) is 17.4 Å². The van der Waals surface area contributed by atoms with E-state index >= 15 is 0 Å². The average molecular weight is 346 g/mol. The maximum Gasteiger partial charge on any atom is 0.196 e. The lowest BCUT2D eigenvalue weighted by molar-refractivity contribution is 0.479. The summed E-state index contributed by atoms with van der Waals surface area (Å²) in [6, 6.07) is 6.51. The van der Waals surface area contributed by atoms with E-state index in [0.29, 0.717) is 6.04 Å². The van der Waals surface area contributed by atoms with Crippen molar-refractivity contribution in [3.63, 3.8) is 0 Å². The number of piperidine rings is 1. The Morgan fingerprint density at radius 2 is 2.19 bits per heavy atom. The van der Waals surface area contributed by atoms with Crippen LogP contribution < -0.4 is 4.90 Å². The van der Waals surface area contributed by atoms with Gasteiger partial charge in [-0.05, 0) is 44.4 Å². The second kappa shape index (κ2) is 4.98. The predicted molar refractivity (Wildman–Crippen MR) is 87.7 cm³/mol. The van der Waals surface area contributed by atoms with Gasteiger partial charge in [0.2, 0.25) is 0 Å². The second-order valence-electron chi connectivity index (χ2n) is 5.66. The highest BCUT2D eigenvalue weighted by Crippen LogP contribution is 2.35. The molecule has 4 rings (SSSR count). The molecule has 1 aromatic carbocycles. The molecule has 0 radical (unpaired) electrons. The van der Waals surface area contributed by atoms with Crippen molar-refractivity contribution in [1.29, 1.82) is 0 Å². The minimum atomic E-state index is 0.497. The minimum absolute atomic E-state index is 0.497. The van der Waals surface area contributed by atoms with Gasteiger partial charge in [0.05, 0.1) is 0 Å². The number of hydrogen-bond acceptors (Lipinski definition) is 4. The van der Waals surface area contributed by atoms with Gasteiger partial charge in [-0.1, -0.05) is 15.9 Å². The van der Waals surface area contributed by atoms with E-state index in [9.17, 15) is 0 Å². The van der Waals surface area contributed by atoms with Gasteiger partial charge in [-0.2, -0.15) is 0 Å². The third-order valence-electron chi connectivity index (χ3n) is 4.27. The number of aromatic nitrogens is 2. The van der Waals surface area contributed by atoms with Crippen molar-refractivity contribution >= 4 is 43.8 Å². The standard InChI is InChI=1S/C16H16BrN3O/c1-10-4-2-3-7-20(10)16-15-14(18-9-19-16)12-8-11(17)5-6-13(12)21-15/h5-6,8-10H,2-4,7H2,1H3/t10-/m1/s1. The monoisotopic (exact) mass is 345 g/mol. The van der Waals surface area contributed by atoms with E-state index < -0.39 is 0 Å². The summed E-state index contributed by atoms with van der Waals surface area (Å²) in [7, 11) is 0. The van der Waals surface area contributed by atoms with Gasteiger partial charge < -0.3 is 9.32 Å². The molecule has 1 atom stereocenters. The summed E-state index contributed by atoms with van der Waals surface area (Å²) in [5, 5.41) is 1.03. The van der Waals surface area contributed by atoms with E-state index in [1.807, 2.05) is 12.1 Å². The normalized spacial score (nSPS) is 19.5. The topological polar surface area (TPSA) is 42.2 Å². The molecule has 0 spiro atoms. The molecule has 108 valence electrons. The highest BCUT2D eigenvalue weighted by Gasteiger charge is 2.24. The van der Waals surface area contributed by atoms with Gasteiger partial charge >= 0.3 is 0 Å². The van der Waals surface area contributed by atoms with Gasteiger partial charge in [-0.25, -0.2) is 9.97 Å². The van der Waals surface area contributed by atoms with Crippen LogP contribution >= 0.6 is 15.9 Å². The molecule has 4 nitrogen and oxygen atoms in total. The number of halogens is 1. The number of rotatable bonds is 1. The fourth-order valence-corrected chi connectivity index (χ4v) is 3.51. The zero-order valence-corrected chi connectivity index (χ0v) is 13.4. The van der Waals surface area contributed by atoms with Crippen LogP contribution in [-0.2, 0) is 0 Å². The lowest BCUT2D eigenvalue weighted by Gasteiger charge is -2.34. The Bertz CT molecular complexity index is 814. The third-order valence-corrected chi connectivity index (χ3v) is 4.76. The lowest BCUT2D eigenvalue weighted by atomic mass is 10.0.